The molecule has 3 atom stereocenters. The molecule has 0 aliphatic heterocycles. The number of rotatable bonds is 5. The van der Waals surface area contributed by atoms with Gasteiger partial charge < -0.3 is 10.4 Å². The SMILES string of the molecule is CC(O)C(=O)NC(Cc1ccccc1)[P+](=O)O. The molecule has 1 rings (SSSR count). The van der Waals surface area contributed by atoms with Gasteiger partial charge in [0.05, 0.1) is 0 Å². The second-order valence-electron chi connectivity index (χ2n) is 3.69. The summed E-state index contributed by atoms with van der Waals surface area (Å²) in [4.78, 5) is 20.4. The predicted octanol–water partition coefficient (Wildman–Crippen LogP) is 0.787. The number of hydrogen-bond acceptors (Lipinski definition) is 3. The van der Waals surface area contributed by atoms with Crippen LogP contribution in [0.1, 0.15) is 12.5 Å². The zero-order valence-electron chi connectivity index (χ0n) is 9.41. The van der Waals surface area contributed by atoms with Crippen molar-refractivity contribution >= 4 is 13.9 Å². The molecule has 17 heavy (non-hydrogen) atoms. The molecule has 1 amide bonds. The summed E-state index contributed by atoms with van der Waals surface area (Å²) < 4.78 is 11.1. The van der Waals surface area contributed by atoms with Crippen LogP contribution in [0, 0.1) is 0 Å². The first-order chi connectivity index (χ1) is 8.00. The number of benzene rings is 1. The minimum Gasteiger partial charge on any atom is -0.384 e. The summed E-state index contributed by atoms with van der Waals surface area (Å²) in [7, 11) is -2.54. The van der Waals surface area contributed by atoms with Crippen LogP contribution >= 0.6 is 8.03 Å². The molecule has 1 aromatic rings. The number of hydrogen-bond donors (Lipinski definition) is 3. The van der Waals surface area contributed by atoms with Crippen LogP contribution in [-0.2, 0) is 15.8 Å². The van der Waals surface area contributed by atoms with Gasteiger partial charge in [-0.2, -0.15) is 4.89 Å². The quantitative estimate of drug-likeness (QED) is 0.680. The Morgan fingerprint density at radius 3 is 2.47 bits per heavy atom. The van der Waals surface area contributed by atoms with E-state index in [2.05, 4.69) is 5.32 Å². The molecule has 5 nitrogen and oxygen atoms in total. The van der Waals surface area contributed by atoms with Crippen LogP contribution in [0.3, 0.4) is 0 Å². The monoisotopic (exact) mass is 256 g/mol. The fourth-order valence-electron chi connectivity index (χ4n) is 1.31. The van der Waals surface area contributed by atoms with E-state index in [1.807, 2.05) is 18.2 Å². The molecule has 6 heteroatoms. The van der Waals surface area contributed by atoms with E-state index in [1.54, 1.807) is 12.1 Å². The van der Waals surface area contributed by atoms with Gasteiger partial charge in [0.15, 0.2) is 0 Å². The molecule has 3 N–H and O–H groups in total. The Hall–Kier alpha value is -1.29. The second-order valence-corrected chi connectivity index (χ2v) is 4.92. The summed E-state index contributed by atoms with van der Waals surface area (Å²) in [6, 6.07) is 9.08. The maximum absolute atomic E-state index is 11.2. The molecule has 0 aliphatic carbocycles. The van der Waals surface area contributed by atoms with Crippen molar-refractivity contribution in [2.45, 2.75) is 25.2 Å². The van der Waals surface area contributed by atoms with E-state index < -0.39 is 25.8 Å². The van der Waals surface area contributed by atoms with Crippen LogP contribution < -0.4 is 5.32 Å². The fraction of sp³-hybridized carbons (Fsp3) is 0.364. The number of aliphatic hydroxyl groups excluding tert-OH is 1. The second kappa shape index (κ2) is 6.45. The van der Waals surface area contributed by atoms with Crippen molar-refractivity contribution in [1.29, 1.82) is 0 Å². The zero-order chi connectivity index (χ0) is 12.8. The largest absolute Gasteiger partial charge is 0.531 e. The maximum atomic E-state index is 11.2. The molecule has 92 valence electrons. The first-order valence-electron chi connectivity index (χ1n) is 5.18. The average molecular weight is 256 g/mol. The number of carbonyl (C=O) groups is 1. The summed E-state index contributed by atoms with van der Waals surface area (Å²) in [5, 5.41) is 11.4. The summed E-state index contributed by atoms with van der Waals surface area (Å²) >= 11 is 0. The van der Waals surface area contributed by atoms with Gasteiger partial charge in [0.1, 0.15) is 6.10 Å². The van der Waals surface area contributed by atoms with Gasteiger partial charge in [-0.3, -0.25) is 4.79 Å². The van der Waals surface area contributed by atoms with Crippen LogP contribution in [0.2, 0.25) is 0 Å². The molecule has 0 bridgehead atoms. The minimum absolute atomic E-state index is 0.255. The van der Waals surface area contributed by atoms with E-state index in [0.29, 0.717) is 0 Å². The third kappa shape index (κ3) is 4.61. The number of aliphatic hydroxyl groups is 1. The van der Waals surface area contributed by atoms with E-state index in [4.69, 9.17) is 10.00 Å². The maximum Gasteiger partial charge on any atom is 0.531 e. The van der Waals surface area contributed by atoms with Gasteiger partial charge in [-0.25, -0.2) is 0 Å². The van der Waals surface area contributed by atoms with Crippen LogP contribution in [0.15, 0.2) is 30.3 Å². The van der Waals surface area contributed by atoms with Crippen molar-refractivity contribution in [2.75, 3.05) is 0 Å². The molecular formula is C11H15NO4P+. The lowest BCUT2D eigenvalue weighted by atomic mass is 10.1. The number of nitrogens with one attached hydrogen (secondary N) is 1. The van der Waals surface area contributed by atoms with Crippen LogP contribution in [0.5, 0.6) is 0 Å². The lowest BCUT2D eigenvalue weighted by Crippen LogP contribution is -2.39. The van der Waals surface area contributed by atoms with Gasteiger partial charge in [0.2, 0.25) is 0 Å². The molecule has 0 aromatic heterocycles. The van der Waals surface area contributed by atoms with Gasteiger partial charge in [0.25, 0.3) is 11.7 Å². The van der Waals surface area contributed by atoms with Gasteiger partial charge in [-0.1, -0.05) is 30.3 Å². The van der Waals surface area contributed by atoms with Crippen LogP contribution in [0.25, 0.3) is 0 Å². The highest BCUT2D eigenvalue weighted by Crippen LogP contribution is 2.23. The number of amides is 1. The Balaban J connectivity index is 2.68. The highest BCUT2D eigenvalue weighted by atomic mass is 31.1. The third-order valence-electron chi connectivity index (χ3n) is 2.23. The fourth-order valence-corrected chi connectivity index (χ4v) is 1.91. The molecule has 0 saturated carbocycles. The summed E-state index contributed by atoms with van der Waals surface area (Å²) in [6.07, 6.45) is -0.936. The Bertz CT molecular complexity index is 394. The predicted molar refractivity (Wildman–Crippen MR) is 63.6 cm³/mol. The van der Waals surface area contributed by atoms with Crippen LogP contribution in [-0.4, -0.2) is 27.8 Å². The normalized spacial score (nSPS) is 14.9. The standard InChI is InChI=1S/C11H14NO4P/c1-8(13)11(14)12-10(17(15)16)7-9-5-3-2-4-6-9/h2-6,8,10,13H,7H2,1H3,(H-,12,14,15,16)/p+1. The molecule has 0 radical (unpaired) electrons. The summed E-state index contributed by atoms with van der Waals surface area (Å²) in [5.74, 6) is -1.53. The van der Waals surface area contributed by atoms with Crippen molar-refractivity contribution in [1.82, 2.24) is 5.32 Å². The van der Waals surface area contributed by atoms with Crippen molar-refractivity contribution in [3.8, 4) is 0 Å². The Labute approximate surface area is 100 Å². The molecule has 0 aliphatic rings. The summed E-state index contributed by atoms with van der Waals surface area (Å²) in [5.41, 5.74) is 0.848. The molecule has 0 heterocycles. The topological polar surface area (TPSA) is 86.6 Å². The Morgan fingerprint density at radius 2 is 2.00 bits per heavy atom. The van der Waals surface area contributed by atoms with Crippen molar-refractivity contribution in [2.24, 2.45) is 0 Å². The van der Waals surface area contributed by atoms with Gasteiger partial charge in [-0.15, -0.1) is 0 Å². The Kier molecular flexibility index (Phi) is 5.22. The van der Waals surface area contributed by atoms with Crippen molar-refractivity contribution in [3.63, 3.8) is 0 Å². The molecule has 0 saturated heterocycles. The van der Waals surface area contributed by atoms with Gasteiger partial charge in [-0.05, 0) is 17.1 Å². The average Bonchev–Trinajstić information content (AvgIpc) is 2.29. The lowest BCUT2D eigenvalue weighted by molar-refractivity contribution is -0.128. The van der Waals surface area contributed by atoms with Crippen molar-refractivity contribution < 1.29 is 19.4 Å². The molecule has 0 spiro atoms. The van der Waals surface area contributed by atoms with Gasteiger partial charge >= 0.3 is 8.03 Å². The first-order valence-corrected chi connectivity index (χ1v) is 6.46. The van der Waals surface area contributed by atoms with Gasteiger partial charge in [0, 0.05) is 6.42 Å². The van der Waals surface area contributed by atoms with E-state index in [1.165, 1.54) is 6.92 Å². The summed E-state index contributed by atoms with van der Waals surface area (Å²) in [6.45, 7) is 1.30. The minimum atomic E-state index is -2.54. The molecule has 3 unspecified atom stereocenters. The van der Waals surface area contributed by atoms with E-state index in [-0.39, 0.29) is 6.42 Å². The van der Waals surface area contributed by atoms with E-state index >= 15 is 0 Å². The lowest BCUT2D eigenvalue weighted by Gasteiger charge is -2.09. The molecule has 0 fully saturated rings. The highest BCUT2D eigenvalue weighted by molar-refractivity contribution is 7.38. The zero-order valence-corrected chi connectivity index (χ0v) is 10.3. The molecular weight excluding hydrogens is 241 g/mol. The smallest absolute Gasteiger partial charge is 0.384 e. The van der Waals surface area contributed by atoms with Crippen LogP contribution in [0.4, 0.5) is 0 Å². The van der Waals surface area contributed by atoms with Crippen molar-refractivity contribution in [3.05, 3.63) is 35.9 Å². The Morgan fingerprint density at radius 1 is 1.41 bits per heavy atom. The van der Waals surface area contributed by atoms with E-state index in [9.17, 15) is 9.36 Å². The third-order valence-corrected chi connectivity index (χ3v) is 3.07. The highest BCUT2D eigenvalue weighted by Gasteiger charge is 2.31. The molecule has 1 aromatic carbocycles. The van der Waals surface area contributed by atoms with E-state index in [0.717, 1.165) is 5.56 Å². The number of carbonyl (C=O) groups excluding carboxylic acids is 1. The first kappa shape index (κ1) is 13.8.